The van der Waals surface area contributed by atoms with Crippen LogP contribution < -0.4 is 5.32 Å². The summed E-state index contributed by atoms with van der Waals surface area (Å²) in [6.07, 6.45) is 1.17. The number of piperazine rings is 1. The van der Waals surface area contributed by atoms with Gasteiger partial charge in [0.05, 0.1) is 28.8 Å². The molecule has 4 amide bonds. The van der Waals surface area contributed by atoms with Crippen molar-refractivity contribution in [1.82, 2.24) is 30.1 Å². The van der Waals surface area contributed by atoms with E-state index in [0.29, 0.717) is 13.1 Å². The van der Waals surface area contributed by atoms with E-state index < -0.39 is 12.2 Å². The average Bonchev–Trinajstić information content (AvgIpc) is 3.48. The lowest BCUT2D eigenvalue weighted by atomic mass is 9.98. The Balaban J connectivity index is 1.34. The fourth-order valence-corrected chi connectivity index (χ4v) is 6.51. The summed E-state index contributed by atoms with van der Waals surface area (Å²) in [5.74, 6) is -0.308. The predicted octanol–water partition coefficient (Wildman–Crippen LogP) is 3.74. The fraction of sp³-hybridized carbons (Fsp3) is 0.250. The molecule has 220 valence electrons. The molecule has 0 spiro atoms. The molecule has 0 radical (unpaired) electrons. The first-order valence-electron chi connectivity index (χ1n) is 14.1. The summed E-state index contributed by atoms with van der Waals surface area (Å²) >= 11 is 1.53. The molecule has 10 nitrogen and oxygen atoms in total. The lowest BCUT2D eigenvalue weighted by molar-refractivity contribution is -0.189. The number of benzene rings is 3. The molecule has 0 bridgehead atoms. The van der Waals surface area contributed by atoms with Gasteiger partial charge in [-0.15, -0.1) is 17.9 Å². The van der Waals surface area contributed by atoms with Crippen LogP contribution in [0.15, 0.2) is 91.0 Å². The first-order valence-corrected chi connectivity index (χ1v) is 15.0. The second-order valence-electron chi connectivity index (χ2n) is 10.7. The third kappa shape index (κ3) is 5.95. The van der Waals surface area contributed by atoms with Crippen LogP contribution in [0.4, 0.5) is 4.79 Å². The molecule has 2 N–H and O–H groups in total. The normalized spacial score (nSPS) is 19.0. The quantitative estimate of drug-likeness (QED) is 0.300. The molecule has 6 rings (SSSR count). The third-order valence-corrected chi connectivity index (χ3v) is 8.59. The Hall–Kier alpha value is -4.74. The summed E-state index contributed by atoms with van der Waals surface area (Å²) in [6, 6.07) is 21.0. The standard InChI is InChI=1S/C32H32N6O4S/c1-2-14-36-20-30(40)37-27(15-22-8-11-25(39)12-9-22)31(41)35(18-24-10-13-26-28(16-24)43-21-34-26)19-29(37)38(36)32(42)33-17-23-6-4-3-5-7-23/h2-13,16,21,27,29,39H,1,14-15,17-20H2,(H,33,42)/t27-,29-/m0/s1. The summed E-state index contributed by atoms with van der Waals surface area (Å²) < 4.78 is 1.02. The second-order valence-corrected chi connectivity index (χ2v) is 11.6. The monoisotopic (exact) mass is 596 g/mol. The van der Waals surface area contributed by atoms with E-state index >= 15 is 0 Å². The SMILES string of the molecule is C=CCN1CC(=O)N2[C@@H](Cc3ccc(O)cc3)C(=O)N(Cc3ccc4ncsc4c3)C[C@@H]2N1C(=O)NCc1ccccc1. The van der Waals surface area contributed by atoms with Crippen molar-refractivity contribution in [2.75, 3.05) is 19.6 Å². The summed E-state index contributed by atoms with van der Waals surface area (Å²) in [6.45, 7) is 4.83. The van der Waals surface area contributed by atoms with Gasteiger partial charge >= 0.3 is 6.03 Å². The van der Waals surface area contributed by atoms with Crippen molar-refractivity contribution in [3.05, 3.63) is 108 Å². The molecule has 11 heteroatoms. The third-order valence-electron chi connectivity index (χ3n) is 7.80. The van der Waals surface area contributed by atoms with Gasteiger partial charge in [-0.05, 0) is 41.0 Å². The van der Waals surface area contributed by atoms with Gasteiger partial charge in [0.25, 0.3) is 0 Å². The van der Waals surface area contributed by atoms with E-state index in [0.717, 1.165) is 26.9 Å². The van der Waals surface area contributed by atoms with Crippen LogP contribution in [0.3, 0.4) is 0 Å². The van der Waals surface area contributed by atoms with E-state index in [2.05, 4.69) is 16.9 Å². The molecule has 2 aliphatic heterocycles. The average molecular weight is 597 g/mol. The van der Waals surface area contributed by atoms with Crippen LogP contribution in [0.2, 0.25) is 0 Å². The number of amides is 4. The van der Waals surface area contributed by atoms with Crippen molar-refractivity contribution >= 4 is 39.4 Å². The smallest absolute Gasteiger partial charge is 0.334 e. The van der Waals surface area contributed by atoms with Crippen molar-refractivity contribution in [3.63, 3.8) is 0 Å². The fourth-order valence-electron chi connectivity index (χ4n) is 5.77. The van der Waals surface area contributed by atoms with Crippen molar-refractivity contribution in [3.8, 4) is 5.75 Å². The molecule has 0 saturated carbocycles. The minimum Gasteiger partial charge on any atom is -0.508 e. The van der Waals surface area contributed by atoms with Gasteiger partial charge in [0, 0.05) is 26.1 Å². The molecule has 43 heavy (non-hydrogen) atoms. The van der Waals surface area contributed by atoms with Gasteiger partial charge in [-0.3, -0.25) is 9.59 Å². The van der Waals surface area contributed by atoms with Gasteiger partial charge in [-0.2, -0.15) is 0 Å². The molecule has 4 aromatic rings. The van der Waals surface area contributed by atoms with Crippen LogP contribution in [0.5, 0.6) is 5.75 Å². The number of hydrazine groups is 1. The van der Waals surface area contributed by atoms with E-state index in [4.69, 9.17) is 0 Å². The van der Waals surface area contributed by atoms with Gasteiger partial charge in [0.2, 0.25) is 11.8 Å². The summed E-state index contributed by atoms with van der Waals surface area (Å²) in [5, 5.41) is 16.1. The number of phenolic OH excluding ortho intramolecular Hbond substituents is 1. The highest BCUT2D eigenvalue weighted by Gasteiger charge is 2.51. The first-order chi connectivity index (χ1) is 20.9. The van der Waals surface area contributed by atoms with Crippen LogP contribution in [0.25, 0.3) is 10.2 Å². The Bertz CT molecular complexity index is 1640. The number of hydrogen-bond donors (Lipinski definition) is 2. The van der Waals surface area contributed by atoms with Crippen LogP contribution in [-0.4, -0.2) is 79.6 Å². The highest BCUT2D eigenvalue weighted by Crippen LogP contribution is 2.30. The number of nitrogens with one attached hydrogen (secondary N) is 1. The Morgan fingerprint density at radius 3 is 2.58 bits per heavy atom. The minimum absolute atomic E-state index is 0.0668. The number of rotatable bonds is 8. The maximum atomic E-state index is 14.1. The van der Waals surface area contributed by atoms with Gasteiger partial charge in [0.1, 0.15) is 18.0 Å². The Morgan fingerprint density at radius 1 is 1.05 bits per heavy atom. The van der Waals surface area contributed by atoms with Gasteiger partial charge in [-0.25, -0.2) is 19.8 Å². The molecule has 0 aliphatic carbocycles. The molecule has 1 aromatic heterocycles. The molecule has 0 unspecified atom stereocenters. The lowest BCUT2D eigenvalue weighted by Gasteiger charge is -2.55. The zero-order valence-corrected chi connectivity index (χ0v) is 24.3. The van der Waals surface area contributed by atoms with Gasteiger partial charge in [0.15, 0.2) is 0 Å². The number of urea groups is 1. The van der Waals surface area contributed by atoms with E-state index in [1.165, 1.54) is 11.3 Å². The molecule has 2 saturated heterocycles. The second kappa shape index (κ2) is 12.2. The number of nitrogens with zero attached hydrogens (tertiary/aromatic N) is 5. The number of carbonyl (C=O) groups is 3. The zero-order valence-electron chi connectivity index (χ0n) is 23.5. The first kappa shape index (κ1) is 28.4. The number of thiazole rings is 1. The summed E-state index contributed by atoms with van der Waals surface area (Å²) in [4.78, 5) is 49.4. The van der Waals surface area contributed by atoms with Crippen molar-refractivity contribution < 1.29 is 19.5 Å². The number of phenols is 1. The van der Waals surface area contributed by atoms with Crippen LogP contribution >= 0.6 is 11.3 Å². The van der Waals surface area contributed by atoms with Crippen LogP contribution in [0.1, 0.15) is 16.7 Å². The minimum atomic E-state index is -0.835. The van der Waals surface area contributed by atoms with Crippen molar-refractivity contribution in [2.24, 2.45) is 0 Å². The molecule has 2 aliphatic rings. The van der Waals surface area contributed by atoms with E-state index in [9.17, 15) is 19.5 Å². The van der Waals surface area contributed by atoms with E-state index in [-0.39, 0.29) is 49.7 Å². The van der Waals surface area contributed by atoms with Gasteiger partial charge < -0.3 is 20.2 Å². The highest BCUT2D eigenvalue weighted by atomic mass is 32.1. The van der Waals surface area contributed by atoms with Crippen LogP contribution in [-0.2, 0) is 29.1 Å². The molecule has 3 heterocycles. The lowest BCUT2D eigenvalue weighted by Crippen LogP contribution is -2.76. The zero-order chi connectivity index (χ0) is 29.9. The van der Waals surface area contributed by atoms with Crippen molar-refractivity contribution in [1.29, 1.82) is 0 Å². The Kier molecular flexibility index (Phi) is 8.08. The van der Waals surface area contributed by atoms with E-state index in [1.807, 2.05) is 48.5 Å². The molecule has 3 aromatic carbocycles. The Morgan fingerprint density at radius 2 is 1.81 bits per heavy atom. The highest BCUT2D eigenvalue weighted by molar-refractivity contribution is 7.16. The number of fused-ring (bicyclic) bond motifs is 2. The maximum absolute atomic E-state index is 14.1. The molecular formula is C32H32N6O4S. The molecule has 2 fully saturated rings. The summed E-state index contributed by atoms with van der Waals surface area (Å²) in [5.41, 5.74) is 5.37. The number of carbonyl (C=O) groups excluding carboxylic acids is 3. The number of aromatic hydroxyl groups is 1. The largest absolute Gasteiger partial charge is 0.508 e. The number of hydrogen-bond acceptors (Lipinski definition) is 7. The van der Waals surface area contributed by atoms with Crippen LogP contribution in [0, 0.1) is 0 Å². The Labute approximate surface area is 253 Å². The number of aromatic nitrogens is 1. The molecule has 2 atom stereocenters. The van der Waals surface area contributed by atoms with Crippen molar-refractivity contribution in [2.45, 2.75) is 31.7 Å². The topological polar surface area (TPSA) is 109 Å². The van der Waals surface area contributed by atoms with Gasteiger partial charge in [-0.1, -0.05) is 54.6 Å². The maximum Gasteiger partial charge on any atom is 0.334 e. The van der Waals surface area contributed by atoms with E-state index in [1.54, 1.807) is 55.7 Å². The summed E-state index contributed by atoms with van der Waals surface area (Å²) in [7, 11) is 0. The molecular weight excluding hydrogens is 564 g/mol. The predicted molar refractivity (Wildman–Crippen MR) is 164 cm³/mol.